The van der Waals surface area contributed by atoms with Crippen LogP contribution < -0.4 is 4.90 Å². The summed E-state index contributed by atoms with van der Waals surface area (Å²) in [4.78, 5) is 26.4. The Hall–Kier alpha value is -1.16. The summed E-state index contributed by atoms with van der Waals surface area (Å²) in [6.45, 7) is 8.78. The number of hydrogen-bond acceptors (Lipinski definition) is 2. The zero-order valence-corrected chi connectivity index (χ0v) is 14.7. The van der Waals surface area contributed by atoms with Gasteiger partial charge in [-0.1, -0.05) is 35.8 Å². The highest BCUT2D eigenvalue weighted by atomic mass is 79.9. The van der Waals surface area contributed by atoms with Gasteiger partial charge in [0, 0.05) is 11.9 Å². The molecule has 0 unspecified atom stereocenters. The fourth-order valence-electron chi connectivity index (χ4n) is 3.02. The van der Waals surface area contributed by atoms with E-state index in [9.17, 15) is 9.59 Å². The number of alkyl halides is 1. The average Bonchev–Trinajstić information content (AvgIpc) is 2.70. The minimum Gasteiger partial charge on any atom is -0.304 e. The number of carbonyl (C=O) groups is 2. The van der Waals surface area contributed by atoms with E-state index in [0.717, 1.165) is 35.0 Å². The fraction of sp³-hybridized carbons (Fsp3) is 0.529. The molecule has 0 bridgehead atoms. The Morgan fingerprint density at radius 1 is 1.14 bits per heavy atom. The van der Waals surface area contributed by atoms with Crippen molar-refractivity contribution >= 4 is 33.3 Å². The molecule has 0 aliphatic carbocycles. The Morgan fingerprint density at radius 2 is 1.76 bits per heavy atom. The molecule has 1 aromatic carbocycles. The largest absolute Gasteiger partial charge is 0.304 e. The number of carbonyl (C=O) groups excluding carboxylic acids is 2. The molecule has 1 heterocycles. The van der Waals surface area contributed by atoms with Gasteiger partial charge < -0.3 is 4.90 Å². The molecule has 0 fully saturated rings. The summed E-state index contributed by atoms with van der Waals surface area (Å²) in [5, 5.41) is 0.825. The maximum Gasteiger partial charge on any atom is 0.299 e. The number of ketones is 1. The first-order valence-corrected chi connectivity index (χ1v) is 8.54. The Kier molecular flexibility index (Phi) is 4.57. The third kappa shape index (κ3) is 2.66. The molecule has 0 radical (unpaired) electrons. The first-order chi connectivity index (χ1) is 9.89. The topological polar surface area (TPSA) is 37.4 Å². The average molecular weight is 352 g/mol. The summed E-state index contributed by atoms with van der Waals surface area (Å²) < 4.78 is 0. The third-order valence-corrected chi connectivity index (χ3v) is 5.87. The van der Waals surface area contributed by atoms with Crippen molar-refractivity contribution in [3.8, 4) is 0 Å². The van der Waals surface area contributed by atoms with E-state index in [-0.39, 0.29) is 17.1 Å². The van der Waals surface area contributed by atoms with Crippen LogP contribution in [0.4, 0.5) is 5.69 Å². The van der Waals surface area contributed by atoms with E-state index in [0.29, 0.717) is 12.1 Å². The van der Waals surface area contributed by atoms with Crippen LogP contribution in [-0.4, -0.2) is 23.6 Å². The first-order valence-electron chi connectivity index (χ1n) is 7.42. The molecule has 1 aliphatic heterocycles. The van der Waals surface area contributed by atoms with E-state index < -0.39 is 0 Å². The monoisotopic (exact) mass is 351 g/mol. The highest BCUT2D eigenvalue weighted by Crippen LogP contribution is 2.38. The van der Waals surface area contributed by atoms with Crippen molar-refractivity contribution in [3.63, 3.8) is 0 Å². The SMILES string of the molecule is CCC(CC)(CBr)CN1C(=O)C(=O)c2cc(C)cc(C)c21. The highest BCUT2D eigenvalue weighted by molar-refractivity contribution is 9.09. The number of Topliss-reactive ketones (excluding diaryl/α,β-unsaturated/α-hetero) is 1. The van der Waals surface area contributed by atoms with Crippen LogP contribution in [0.25, 0.3) is 0 Å². The fourth-order valence-corrected chi connectivity index (χ4v) is 3.99. The molecule has 2 rings (SSSR count). The van der Waals surface area contributed by atoms with Crippen molar-refractivity contribution in [3.05, 3.63) is 28.8 Å². The molecule has 1 amide bonds. The summed E-state index contributed by atoms with van der Waals surface area (Å²) in [6, 6.07) is 3.86. The minimum absolute atomic E-state index is 0.00881. The lowest BCUT2D eigenvalue weighted by Crippen LogP contribution is -2.41. The number of aryl methyl sites for hydroxylation is 2. The molecule has 0 spiro atoms. The van der Waals surface area contributed by atoms with Gasteiger partial charge >= 0.3 is 0 Å². The molecule has 1 aliphatic rings. The standard InChI is InChI=1S/C17H22BrNO2/c1-5-17(6-2,9-18)10-19-14-12(4)7-11(3)8-13(14)15(20)16(19)21/h7-8H,5-6,9-10H2,1-4H3. The quantitative estimate of drug-likeness (QED) is 0.593. The molecule has 4 heteroatoms. The second-order valence-electron chi connectivity index (χ2n) is 6.04. The predicted molar refractivity (Wildman–Crippen MR) is 89.4 cm³/mol. The van der Waals surface area contributed by atoms with Crippen LogP contribution in [0.5, 0.6) is 0 Å². The second kappa shape index (κ2) is 5.91. The Morgan fingerprint density at radius 3 is 2.29 bits per heavy atom. The maximum atomic E-state index is 12.4. The van der Waals surface area contributed by atoms with Gasteiger partial charge in [-0.05, 0) is 49.3 Å². The number of nitrogens with zero attached hydrogens (tertiary/aromatic N) is 1. The van der Waals surface area contributed by atoms with Crippen LogP contribution in [0.2, 0.25) is 0 Å². The van der Waals surface area contributed by atoms with Crippen LogP contribution in [0, 0.1) is 19.3 Å². The molecule has 114 valence electrons. The van der Waals surface area contributed by atoms with Crippen LogP contribution in [0.1, 0.15) is 48.2 Å². The summed E-state index contributed by atoms with van der Waals surface area (Å²) in [7, 11) is 0. The van der Waals surface area contributed by atoms with Gasteiger partial charge in [0.2, 0.25) is 0 Å². The normalized spacial score (nSPS) is 14.8. The van der Waals surface area contributed by atoms with E-state index in [1.807, 2.05) is 26.0 Å². The lowest BCUT2D eigenvalue weighted by atomic mass is 9.84. The minimum atomic E-state index is -0.383. The van der Waals surface area contributed by atoms with Gasteiger partial charge in [0.05, 0.1) is 11.3 Å². The number of fused-ring (bicyclic) bond motifs is 1. The van der Waals surface area contributed by atoms with Gasteiger partial charge in [0.1, 0.15) is 0 Å². The summed E-state index contributed by atoms with van der Waals surface area (Å²) >= 11 is 3.58. The summed E-state index contributed by atoms with van der Waals surface area (Å²) in [6.07, 6.45) is 1.93. The van der Waals surface area contributed by atoms with Crippen molar-refractivity contribution in [2.24, 2.45) is 5.41 Å². The van der Waals surface area contributed by atoms with E-state index in [2.05, 4.69) is 29.8 Å². The molecular weight excluding hydrogens is 330 g/mol. The van der Waals surface area contributed by atoms with Crippen LogP contribution in [0.3, 0.4) is 0 Å². The Labute approximate surface area is 134 Å². The van der Waals surface area contributed by atoms with Gasteiger partial charge in [-0.3, -0.25) is 9.59 Å². The number of rotatable bonds is 5. The van der Waals surface area contributed by atoms with Gasteiger partial charge in [0.15, 0.2) is 0 Å². The molecule has 1 aromatic rings. The van der Waals surface area contributed by atoms with Gasteiger partial charge in [-0.2, -0.15) is 0 Å². The van der Waals surface area contributed by atoms with E-state index in [4.69, 9.17) is 0 Å². The maximum absolute atomic E-state index is 12.4. The summed E-state index contributed by atoms with van der Waals surface area (Å²) in [5.74, 6) is -0.751. The van der Waals surface area contributed by atoms with Gasteiger partial charge in [-0.25, -0.2) is 0 Å². The van der Waals surface area contributed by atoms with Gasteiger partial charge in [-0.15, -0.1) is 0 Å². The van der Waals surface area contributed by atoms with E-state index >= 15 is 0 Å². The number of benzene rings is 1. The molecular formula is C17H22BrNO2. The molecule has 21 heavy (non-hydrogen) atoms. The van der Waals surface area contributed by atoms with E-state index in [1.165, 1.54) is 0 Å². The van der Waals surface area contributed by atoms with Crippen molar-refractivity contribution in [2.75, 3.05) is 16.8 Å². The van der Waals surface area contributed by atoms with Gasteiger partial charge in [0.25, 0.3) is 11.7 Å². The number of halogens is 1. The molecule has 0 aromatic heterocycles. The number of amides is 1. The summed E-state index contributed by atoms with van der Waals surface area (Å²) in [5.41, 5.74) is 3.40. The molecule has 0 N–H and O–H groups in total. The lowest BCUT2D eigenvalue weighted by Gasteiger charge is -2.34. The van der Waals surface area contributed by atoms with E-state index in [1.54, 1.807) is 4.90 Å². The Balaban J connectivity index is 2.49. The zero-order valence-electron chi connectivity index (χ0n) is 13.1. The van der Waals surface area contributed by atoms with Crippen LogP contribution in [0.15, 0.2) is 12.1 Å². The Bertz CT molecular complexity index is 582. The highest BCUT2D eigenvalue weighted by Gasteiger charge is 2.41. The smallest absolute Gasteiger partial charge is 0.299 e. The van der Waals surface area contributed by atoms with Crippen LogP contribution in [-0.2, 0) is 4.79 Å². The number of hydrogen-bond donors (Lipinski definition) is 0. The van der Waals surface area contributed by atoms with Crippen molar-refractivity contribution in [1.82, 2.24) is 0 Å². The predicted octanol–water partition coefficient (Wildman–Crippen LogP) is 4.03. The van der Waals surface area contributed by atoms with Crippen molar-refractivity contribution in [1.29, 1.82) is 0 Å². The molecule has 3 nitrogen and oxygen atoms in total. The lowest BCUT2D eigenvalue weighted by molar-refractivity contribution is -0.114. The second-order valence-corrected chi connectivity index (χ2v) is 6.60. The first kappa shape index (κ1) is 16.2. The van der Waals surface area contributed by atoms with Crippen LogP contribution >= 0.6 is 15.9 Å². The third-order valence-electron chi connectivity index (χ3n) is 4.68. The number of anilines is 1. The molecule has 0 saturated carbocycles. The molecule has 0 saturated heterocycles. The van der Waals surface area contributed by atoms with Crippen molar-refractivity contribution < 1.29 is 9.59 Å². The molecule has 0 atom stereocenters. The zero-order chi connectivity index (χ0) is 15.8. The van der Waals surface area contributed by atoms with Crippen molar-refractivity contribution in [2.45, 2.75) is 40.5 Å².